The summed E-state index contributed by atoms with van der Waals surface area (Å²) in [5.74, 6) is 2.16. The Hall–Kier alpha value is -2.14. The van der Waals surface area contributed by atoms with Gasteiger partial charge < -0.3 is 15.4 Å². The highest BCUT2D eigenvalue weighted by Crippen LogP contribution is 2.18. The molecular formula is C15H20N4O. The Morgan fingerprint density at radius 1 is 1.10 bits per heavy atom. The van der Waals surface area contributed by atoms with Crippen molar-refractivity contribution in [3.05, 3.63) is 41.7 Å². The summed E-state index contributed by atoms with van der Waals surface area (Å²) in [7, 11) is 3.46. The van der Waals surface area contributed by atoms with E-state index in [4.69, 9.17) is 4.74 Å². The number of hydrogen-bond donors (Lipinski definition) is 2. The second-order valence-corrected chi connectivity index (χ2v) is 4.41. The Morgan fingerprint density at radius 3 is 2.40 bits per heavy atom. The molecule has 0 fully saturated rings. The standard InChI is InChI=1S/C15H20N4O/c1-4-11-5-7-12(8-6-11)17-14-9-13(16-2)18-15(19-14)10-20-3/h5-9H,4,10H2,1-3H3,(H2,16,17,18,19). The average molecular weight is 272 g/mol. The van der Waals surface area contributed by atoms with Gasteiger partial charge in [0.15, 0.2) is 5.82 Å². The number of ether oxygens (including phenoxy) is 1. The summed E-state index contributed by atoms with van der Waals surface area (Å²) < 4.78 is 5.08. The molecule has 20 heavy (non-hydrogen) atoms. The predicted octanol–water partition coefficient (Wildman–Crippen LogP) is 2.97. The van der Waals surface area contributed by atoms with Gasteiger partial charge in [0.1, 0.15) is 18.2 Å². The molecule has 0 unspecified atom stereocenters. The van der Waals surface area contributed by atoms with Crippen molar-refractivity contribution in [1.82, 2.24) is 9.97 Å². The second-order valence-electron chi connectivity index (χ2n) is 4.41. The third-order valence-electron chi connectivity index (χ3n) is 2.94. The van der Waals surface area contributed by atoms with Gasteiger partial charge in [-0.25, -0.2) is 9.97 Å². The molecule has 2 aromatic rings. The van der Waals surface area contributed by atoms with Gasteiger partial charge >= 0.3 is 0 Å². The number of aromatic nitrogens is 2. The molecule has 0 aliphatic carbocycles. The van der Waals surface area contributed by atoms with Crippen molar-refractivity contribution in [2.45, 2.75) is 20.0 Å². The fourth-order valence-corrected chi connectivity index (χ4v) is 1.85. The highest BCUT2D eigenvalue weighted by atomic mass is 16.5. The average Bonchev–Trinajstić information content (AvgIpc) is 2.48. The summed E-state index contributed by atoms with van der Waals surface area (Å²) in [5.41, 5.74) is 2.32. The zero-order valence-electron chi connectivity index (χ0n) is 12.1. The molecule has 2 N–H and O–H groups in total. The lowest BCUT2D eigenvalue weighted by molar-refractivity contribution is 0.178. The van der Waals surface area contributed by atoms with E-state index in [0.29, 0.717) is 12.4 Å². The molecule has 0 bridgehead atoms. The maximum Gasteiger partial charge on any atom is 0.158 e. The van der Waals surface area contributed by atoms with Crippen LogP contribution in [0.15, 0.2) is 30.3 Å². The molecule has 5 nitrogen and oxygen atoms in total. The third kappa shape index (κ3) is 3.68. The van der Waals surface area contributed by atoms with Gasteiger partial charge in [-0.15, -0.1) is 0 Å². The van der Waals surface area contributed by atoms with Gasteiger partial charge in [-0.05, 0) is 24.1 Å². The van der Waals surface area contributed by atoms with E-state index in [-0.39, 0.29) is 0 Å². The molecule has 1 heterocycles. The zero-order chi connectivity index (χ0) is 14.4. The van der Waals surface area contributed by atoms with Crippen molar-refractivity contribution in [3.8, 4) is 0 Å². The Bertz CT molecular complexity index is 554. The largest absolute Gasteiger partial charge is 0.377 e. The molecule has 0 radical (unpaired) electrons. The van der Waals surface area contributed by atoms with Gasteiger partial charge in [-0.1, -0.05) is 19.1 Å². The molecule has 0 aliphatic heterocycles. The van der Waals surface area contributed by atoms with Crippen LogP contribution in [0.2, 0.25) is 0 Å². The normalized spacial score (nSPS) is 10.3. The first-order chi connectivity index (χ1) is 9.75. The summed E-state index contributed by atoms with van der Waals surface area (Å²) >= 11 is 0. The molecule has 0 spiro atoms. The molecule has 0 aliphatic rings. The fourth-order valence-electron chi connectivity index (χ4n) is 1.85. The lowest BCUT2D eigenvalue weighted by atomic mass is 10.1. The maximum atomic E-state index is 5.08. The molecule has 106 valence electrons. The van der Waals surface area contributed by atoms with Crippen LogP contribution in [-0.2, 0) is 17.8 Å². The Labute approximate surface area is 119 Å². The van der Waals surface area contributed by atoms with Crippen molar-refractivity contribution < 1.29 is 4.74 Å². The van der Waals surface area contributed by atoms with Crippen molar-refractivity contribution in [3.63, 3.8) is 0 Å². The van der Waals surface area contributed by atoms with Crippen molar-refractivity contribution in [1.29, 1.82) is 0 Å². The quantitative estimate of drug-likeness (QED) is 0.846. The molecule has 0 saturated heterocycles. The summed E-state index contributed by atoms with van der Waals surface area (Å²) in [4.78, 5) is 8.75. The summed E-state index contributed by atoms with van der Waals surface area (Å²) in [6, 6.07) is 10.2. The van der Waals surface area contributed by atoms with E-state index in [0.717, 1.165) is 23.7 Å². The summed E-state index contributed by atoms with van der Waals surface area (Å²) in [6.45, 7) is 2.53. The van der Waals surface area contributed by atoms with Crippen LogP contribution in [0.3, 0.4) is 0 Å². The lowest BCUT2D eigenvalue weighted by Crippen LogP contribution is -2.04. The van der Waals surface area contributed by atoms with E-state index < -0.39 is 0 Å². The number of aryl methyl sites for hydroxylation is 1. The summed E-state index contributed by atoms with van der Waals surface area (Å²) in [5, 5.41) is 6.31. The van der Waals surface area contributed by atoms with E-state index in [1.165, 1.54) is 5.56 Å². The third-order valence-corrected chi connectivity index (χ3v) is 2.94. The predicted molar refractivity (Wildman–Crippen MR) is 81.4 cm³/mol. The first-order valence-corrected chi connectivity index (χ1v) is 6.65. The van der Waals surface area contributed by atoms with Gasteiger partial charge in [-0.2, -0.15) is 0 Å². The second kappa shape index (κ2) is 6.86. The van der Waals surface area contributed by atoms with Crippen LogP contribution in [0.4, 0.5) is 17.3 Å². The minimum absolute atomic E-state index is 0.388. The summed E-state index contributed by atoms with van der Waals surface area (Å²) in [6.07, 6.45) is 1.04. The number of anilines is 3. The molecule has 1 aromatic heterocycles. The Balaban J connectivity index is 2.20. The fraction of sp³-hybridized carbons (Fsp3) is 0.333. The maximum absolute atomic E-state index is 5.08. The number of benzene rings is 1. The number of methoxy groups -OCH3 is 1. The molecule has 2 rings (SSSR count). The van der Waals surface area contributed by atoms with E-state index in [1.54, 1.807) is 7.11 Å². The highest BCUT2D eigenvalue weighted by Gasteiger charge is 2.04. The monoisotopic (exact) mass is 272 g/mol. The van der Waals surface area contributed by atoms with Gasteiger partial charge in [0.05, 0.1) is 0 Å². The van der Waals surface area contributed by atoms with E-state index in [1.807, 2.05) is 13.1 Å². The van der Waals surface area contributed by atoms with Gasteiger partial charge in [0.25, 0.3) is 0 Å². The van der Waals surface area contributed by atoms with E-state index in [9.17, 15) is 0 Å². The van der Waals surface area contributed by atoms with Crippen LogP contribution < -0.4 is 10.6 Å². The molecule has 1 aromatic carbocycles. The van der Waals surface area contributed by atoms with Crippen molar-refractivity contribution in [2.24, 2.45) is 0 Å². The smallest absolute Gasteiger partial charge is 0.158 e. The van der Waals surface area contributed by atoms with Crippen LogP contribution in [0.25, 0.3) is 0 Å². The zero-order valence-corrected chi connectivity index (χ0v) is 12.1. The van der Waals surface area contributed by atoms with Crippen molar-refractivity contribution in [2.75, 3.05) is 24.8 Å². The minimum atomic E-state index is 0.388. The molecule has 0 saturated carbocycles. The molecular weight excluding hydrogens is 252 g/mol. The highest BCUT2D eigenvalue weighted by molar-refractivity contribution is 5.59. The number of nitrogens with zero attached hydrogens (tertiary/aromatic N) is 2. The lowest BCUT2D eigenvalue weighted by Gasteiger charge is -2.10. The minimum Gasteiger partial charge on any atom is -0.377 e. The van der Waals surface area contributed by atoms with Crippen LogP contribution >= 0.6 is 0 Å². The van der Waals surface area contributed by atoms with Crippen LogP contribution in [0.1, 0.15) is 18.3 Å². The topological polar surface area (TPSA) is 59.1 Å². The van der Waals surface area contributed by atoms with Crippen molar-refractivity contribution >= 4 is 17.3 Å². The Kier molecular flexibility index (Phi) is 4.90. The van der Waals surface area contributed by atoms with Gasteiger partial charge in [0.2, 0.25) is 0 Å². The molecule has 5 heteroatoms. The van der Waals surface area contributed by atoms with E-state index >= 15 is 0 Å². The number of rotatable bonds is 6. The Morgan fingerprint density at radius 2 is 1.80 bits per heavy atom. The van der Waals surface area contributed by atoms with Crippen LogP contribution in [-0.4, -0.2) is 24.1 Å². The molecule has 0 amide bonds. The number of hydrogen-bond acceptors (Lipinski definition) is 5. The SMILES string of the molecule is CCc1ccc(Nc2cc(NC)nc(COC)n2)cc1. The first-order valence-electron chi connectivity index (χ1n) is 6.65. The van der Waals surface area contributed by atoms with Gasteiger partial charge in [-0.3, -0.25) is 0 Å². The number of nitrogens with one attached hydrogen (secondary N) is 2. The van der Waals surface area contributed by atoms with Crippen LogP contribution in [0, 0.1) is 0 Å². The van der Waals surface area contributed by atoms with E-state index in [2.05, 4.69) is 51.8 Å². The van der Waals surface area contributed by atoms with Crippen LogP contribution in [0.5, 0.6) is 0 Å². The van der Waals surface area contributed by atoms with Gasteiger partial charge in [0, 0.05) is 25.9 Å². The first kappa shape index (κ1) is 14.3. The molecule has 0 atom stereocenters.